The first-order valence-electron chi connectivity index (χ1n) is 10.7. The molecule has 0 bridgehead atoms. The highest BCUT2D eigenvalue weighted by atomic mass is 16.5. The third-order valence-corrected chi connectivity index (χ3v) is 6.33. The van der Waals surface area contributed by atoms with Gasteiger partial charge in [0.2, 0.25) is 5.91 Å². The molecule has 2 fully saturated rings. The SMILES string of the molecule is CC1CC(n2c(CC(=O)NC3CCC3)nc3cnc4ccc(C#N)cc4c32)CCO1. The van der Waals surface area contributed by atoms with Crippen molar-refractivity contribution in [2.45, 2.75) is 63.6 Å². The van der Waals surface area contributed by atoms with Gasteiger partial charge in [0, 0.05) is 24.1 Å². The highest BCUT2D eigenvalue weighted by molar-refractivity contribution is 6.03. The number of fused-ring (bicyclic) bond motifs is 3. The maximum atomic E-state index is 12.7. The van der Waals surface area contributed by atoms with Gasteiger partial charge in [0.05, 0.1) is 41.4 Å². The number of aromatic nitrogens is 3. The second kappa shape index (κ2) is 7.69. The first-order chi connectivity index (χ1) is 14.6. The molecule has 1 N–H and O–H groups in total. The highest BCUT2D eigenvalue weighted by Crippen LogP contribution is 2.34. The molecule has 1 saturated carbocycles. The van der Waals surface area contributed by atoms with E-state index in [1.165, 1.54) is 6.42 Å². The van der Waals surface area contributed by atoms with Gasteiger partial charge in [-0.15, -0.1) is 0 Å². The number of nitrogens with zero attached hydrogens (tertiary/aromatic N) is 4. The lowest BCUT2D eigenvalue weighted by Crippen LogP contribution is -2.40. The summed E-state index contributed by atoms with van der Waals surface area (Å²) in [4.78, 5) is 22.1. The molecule has 7 nitrogen and oxygen atoms in total. The van der Waals surface area contributed by atoms with Gasteiger partial charge in [0.15, 0.2) is 0 Å². The highest BCUT2D eigenvalue weighted by Gasteiger charge is 2.28. The molecule has 2 aromatic heterocycles. The van der Waals surface area contributed by atoms with E-state index in [2.05, 4.69) is 27.9 Å². The number of nitrogens with one attached hydrogen (secondary N) is 1. The molecule has 154 valence electrons. The molecule has 5 rings (SSSR count). The van der Waals surface area contributed by atoms with Crippen molar-refractivity contribution < 1.29 is 9.53 Å². The van der Waals surface area contributed by atoms with Gasteiger partial charge in [0.25, 0.3) is 0 Å². The average Bonchev–Trinajstić information content (AvgIpc) is 3.08. The molecular weight excluding hydrogens is 378 g/mol. The number of benzene rings is 1. The third-order valence-electron chi connectivity index (χ3n) is 6.33. The van der Waals surface area contributed by atoms with Gasteiger partial charge in [0.1, 0.15) is 11.3 Å². The lowest BCUT2D eigenvalue weighted by Gasteiger charge is -2.30. The molecule has 3 heterocycles. The Kier molecular flexibility index (Phi) is 4.87. The van der Waals surface area contributed by atoms with E-state index in [1.807, 2.05) is 12.1 Å². The van der Waals surface area contributed by atoms with Crippen molar-refractivity contribution in [3.8, 4) is 6.07 Å². The van der Waals surface area contributed by atoms with Gasteiger partial charge in [-0.05, 0) is 57.2 Å². The number of hydrogen-bond donors (Lipinski definition) is 1. The van der Waals surface area contributed by atoms with Crippen LogP contribution in [0.5, 0.6) is 0 Å². The van der Waals surface area contributed by atoms with E-state index in [0.717, 1.165) is 53.4 Å². The molecular formula is C23H25N5O2. The summed E-state index contributed by atoms with van der Waals surface area (Å²) in [5.74, 6) is 0.781. The Morgan fingerprint density at radius 1 is 1.33 bits per heavy atom. The molecule has 2 aliphatic rings. The van der Waals surface area contributed by atoms with Crippen LogP contribution in [0.2, 0.25) is 0 Å². The Labute approximate surface area is 175 Å². The van der Waals surface area contributed by atoms with Crippen LogP contribution in [0.3, 0.4) is 0 Å². The first kappa shape index (κ1) is 19.0. The number of amides is 1. The minimum atomic E-state index is 0.0198. The quantitative estimate of drug-likeness (QED) is 0.721. The number of carbonyl (C=O) groups excluding carboxylic acids is 1. The number of pyridine rings is 1. The van der Waals surface area contributed by atoms with E-state index >= 15 is 0 Å². The zero-order valence-corrected chi connectivity index (χ0v) is 17.1. The molecule has 1 aromatic carbocycles. The van der Waals surface area contributed by atoms with Crippen molar-refractivity contribution in [2.24, 2.45) is 0 Å². The number of ether oxygens (including phenoxy) is 1. The van der Waals surface area contributed by atoms with Crippen molar-refractivity contribution >= 4 is 27.8 Å². The van der Waals surface area contributed by atoms with Crippen molar-refractivity contribution in [2.75, 3.05) is 6.61 Å². The summed E-state index contributed by atoms with van der Waals surface area (Å²) in [6, 6.07) is 8.26. The molecule has 7 heteroatoms. The number of imidazole rings is 1. The summed E-state index contributed by atoms with van der Waals surface area (Å²) >= 11 is 0. The van der Waals surface area contributed by atoms with Crippen LogP contribution in [0.4, 0.5) is 0 Å². The van der Waals surface area contributed by atoms with Crippen LogP contribution in [0.25, 0.3) is 21.9 Å². The molecule has 30 heavy (non-hydrogen) atoms. The normalized spacial score (nSPS) is 22.0. The van der Waals surface area contributed by atoms with Crippen LogP contribution in [0.15, 0.2) is 24.4 Å². The second-order valence-electron chi connectivity index (χ2n) is 8.47. The Bertz CT molecular complexity index is 1160. The van der Waals surface area contributed by atoms with E-state index in [0.29, 0.717) is 18.2 Å². The van der Waals surface area contributed by atoms with E-state index in [4.69, 9.17) is 9.72 Å². The van der Waals surface area contributed by atoms with E-state index in [9.17, 15) is 10.1 Å². The van der Waals surface area contributed by atoms with Gasteiger partial charge in [-0.25, -0.2) is 4.98 Å². The Morgan fingerprint density at radius 3 is 2.93 bits per heavy atom. The lowest BCUT2D eigenvalue weighted by molar-refractivity contribution is -0.121. The summed E-state index contributed by atoms with van der Waals surface area (Å²) in [7, 11) is 0. The predicted molar refractivity (Wildman–Crippen MR) is 113 cm³/mol. The van der Waals surface area contributed by atoms with Crippen LogP contribution < -0.4 is 5.32 Å². The summed E-state index contributed by atoms with van der Waals surface area (Å²) in [5, 5.41) is 13.4. The van der Waals surface area contributed by atoms with Gasteiger partial charge in [-0.3, -0.25) is 9.78 Å². The van der Waals surface area contributed by atoms with Crippen molar-refractivity contribution in [1.29, 1.82) is 5.26 Å². The van der Waals surface area contributed by atoms with Crippen molar-refractivity contribution in [3.63, 3.8) is 0 Å². The molecule has 2 unspecified atom stereocenters. The maximum Gasteiger partial charge on any atom is 0.227 e. The topological polar surface area (TPSA) is 92.8 Å². The number of hydrogen-bond acceptors (Lipinski definition) is 5. The fourth-order valence-corrected chi connectivity index (χ4v) is 4.60. The smallest absolute Gasteiger partial charge is 0.227 e. The van der Waals surface area contributed by atoms with E-state index in [-0.39, 0.29) is 24.5 Å². The largest absolute Gasteiger partial charge is 0.378 e. The summed E-state index contributed by atoms with van der Waals surface area (Å²) in [6.07, 6.45) is 7.21. The summed E-state index contributed by atoms with van der Waals surface area (Å²) in [6.45, 7) is 2.77. The minimum absolute atomic E-state index is 0.0198. The van der Waals surface area contributed by atoms with Crippen LogP contribution >= 0.6 is 0 Å². The standard InChI is InChI=1S/C23H25N5O2/c1-14-9-17(7-8-30-14)28-21(11-22(29)26-16-3-2-4-16)27-20-13-25-19-6-5-15(12-24)10-18(19)23(20)28/h5-6,10,13-14,16-17H,2-4,7-9,11H2,1H3,(H,26,29). The van der Waals surface area contributed by atoms with Gasteiger partial charge < -0.3 is 14.6 Å². The molecule has 1 saturated heterocycles. The maximum absolute atomic E-state index is 12.7. The number of carbonyl (C=O) groups is 1. The van der Waals surface area contributed by atoms with Crippen LogP contribution in [-0.2, 0) is 16.0 Å². The molecule has 0 radical (unpaired) electrons. The summed E-state index contributed by atoms with van der Waals surface area (Å²) in [5.41, 5.74) is 3.15. The van der Waals surface area contributed by atoms with Crippen LogP contribution in [0.1, 0.15) is 56.5 Å². The fraction of sp³-hybridized carbons (Fsp3) is 0.478. The minimum Gasteiger partial charge on any atom is -0.378 e. The molecule has 1 amide bonds. The molecule has 1 aliphatic heterocycles. The van der Waals surface area contributed by atoms with Crippen molar-refractivity contribution in [3.05, 3.63) is 35.8 Å². The molecule has 0 spiro atoms. The zero-order valence-electron chi connectivity index (χ0n) is 17.1. The van der Waals surface area contributed by atoms with Crippen LogP contribution in [0, 0.1) is 11.3 Å². The Balaban J connectivity index is 1.64. The Morgan fingerprint density at radius 2 is 2.20 bits per heavy atom. The summed E-state index contributed by atoms with van der Waals surface area (Å²) < 4.78 is 7.99. The average molecular weight is 403 g/mol. The van der Waals surface area contributed by atoms with E-state index in [1.54, 1.807) is 12.3 Å². The lowest BCUT2D eigenvalue weighted by atomic mass is 9.93. The first-order valence-corrected chi connectivity index (χ1v) is 10.7. The second-order valence-corrected chi connectivity index (χ2v) is 8.47. The van der Waals surface area contributed by atoms with Gasteiger partial charge >= 0.3 is 0 Å². The fourth-order valence-electron chi connectivity index (χ4n) is 4.60. The van der Waals surface area contributed by atoms with Gasteiger partial charge in [-0.2, -0.15) is 5.26 Å². The molecule has 2 atom stereocenters. The molecule has 3 aromatic rings. The van der Waals surface area contributed by atoms with Gasteiger partial charge in [-0.1, -0.05) is 0 Å². The molecule has 1 aliphatic carbocycles. The third kappa shape index (κ3) is 3.41. The number of rotatable bonds is 4. The van der Waals surface area contributed by atoms with Crippen molar-refractivity contribution in [1.82, 2.24) is 19.9 Å². The number of nitriles is 1. The zero-order chi connectivity index (χ0) is 20.7. The predicted octanol–water partition coefficient (Wildman–Crippen LogP) is 3.41. The van der Waals surface area contributed by atoms with Crippen LogP contribution in [-0.4, -0.2) is 39.2 Å². The monoisotopic (exact) mass is 403 g/mol. The Hall–Kier alpha value is -2.98. The van der Waals surface area contributed by atoms with E-state index < -0.39 is 0 Å².